The second kappa shape index (κ2) is 9.95. The van der Waals surface area contributed by atoms with Crippen molar-refractivity contribution in [1.82, 2.24) is 16.0 Å². The topological polar surface area (TPSA) is 109 Å². The summed E-state index contributed by atoms with van der Waals surface area (Å²) in [6.45, 7) is 13.0. The minimum Gasteiger partial charge on any atom is -0.444 e. The molecule has 3 N–H and O–H groups in total. The molecule has 0 bridgehead atoms. The Kier molecular flexibility index (Phi) is 10.5. The lowest BCUT2D eigenvalue weighted by Crippen LogP contribution is -2.55. The fourth-order valence-electron chi connectivity index (χ4n) is 1.58. The molecular weight excluding hydrogens is 471 g/mol. The molecule has 0 saturated carbocycles. The molecule has 0 radical (unpaired) electrons. The molecule has 0 unspecified atom stereocenters. The number of carbonyl (C=O) groups is 1. The highest BCUT2D eigenvalue weighted by molar-refractivity contribution is 14.0. The third kappa shape index (κ3) is 11.0. The number of halogens is 1. The summed E-state index contributed by atoms with van der Waals surface area (Å²) in [5, 5.41) is 8.86. The smallest absolute Gasteiger partial charge is 0.408 e. The molecule has 0 fully saturated rings. The van der Waals surface area contributed by atoms with E-state index in [4.69, 9.17) is 4.74 Å². The number of hydrogen-bond acceptors (Lipinski definition) is 5. The van der Waals surface area contributed by atoms with Crippen molar-refractivity contribution >= 4 is 45.9 Å². The molecule has 0 aromatic carbocycles. The van der Waals surface area contributed by atoms with Crippen LogP contribution in [0.2, 0.25) is 0 Å². The van der Waals surface area contributed by atoms with Crippen LogP contribution in [0.4, 0.5) is 4.79 Å². The van der Waals surface area contributed by atoms with Crippen LogP contribution in [0.3, 0.4) is 0 Å². The number of rotatable bonds is 6. The third-order valence-electron chi connectivity index (χ3n) is 3.45. The number of nitrogens with one attached hydrogen (secondary N) is 3. The van der Waals surface area contributed by atoms with Gasteiger partial charge in [0.25, 0.3) is 0 Å². The molecule has 0 heterocycles. The summed E-state index contributed by atoms with van der Waals surface area (Å²) in [5.74, 6) is 0.454. The fourth-order valence-corrected chi connectivity index (χ4v) is 1.91. The van der Waals surface area contributed by atoms with E-state index in [1.54, 1.807) is 41.7 Å². The maximum atomic E-state index is 11.9. The number of ether oxygens (including phenoxy) is 1. The van der Waals surface area contributed by atoms with Gasteiger partial charge in [0.2, 0.25) is 0 Å². The highest BCUT2D eigenvalue weighted by Crippen LogP contribution is 2.13. The Bertz CT molecular complexity index is 596. The monoisotopic (exact) mass is 506 g/mol. The predicted octanol–water partition coefficient (Wildman–Crippen LogP) is 1.90. The normalized spacial score (nSPS) is 13.5. The Morgan fingerprint density at radius 2 is 1.46 bits per heavy atom. The van der Waals surface area contributed by atoms with Crippen LogP contribution in [-0.2, 0) is 14.6 Å². The van der Waals surface area contributed by atoms with Gasteiger partial charge < -0.3 is 20.7 Å². The lowest BCUT2D eigenvalue weighted by atomic mass is 10.1. The lowest BCUT2D eigenvalue weighted by Gasteiger charge is -2.30. The molecule has 1 amide bonds. The minimum absolute atomic E-state index is 0. The third-order valence-corrected chi connectivity index (χ3v) is 5.60. The molecule has 26 heavy (non-hydrogen) atoms. The zero-order chi connectivity index (χ0) is 20.1. The van der Waals surface area contributed by atoms with Crippen molar-refractivity contribution in [2.24, 2.45) is 4.99 Å². The van der Waals surface area contributed by atoms with Crippen molar-refractivity contribution in [2.45, 2.75) is 64.4 Å². The van der Waals surface area contributed by atoms with E-state index in [9.17, 15) is 13.2 Å². The fraction of sp³-hybridized carbons (Fsp3) is 0.875. The molecule has 0 atom stereocenters. The van der Waals surface area contributed by atoms with E-state index < -0.39 is 31.8 Å². The van der Waals surface area contributed by atoms with E-state index in [2.05, 4.69) is 20.9 Å². The summed E-state index contributed by atoms with van der Waals surface area (Å²) in [7, 11) is -1.61. The first-order valence-electron chi connectivity index (χ1n) is 8.14. The van der Waals surface area contributed by atoms with Crippen molar-refractivity contribution < 1.29 is 17.9 Å². The van der Waals surface area contributed by atoms with Crippen LogP contribution in [0.5, 0.6) is 0 Å². The van der Waals surface area contributed by atoms with Crippen LogP contribution in [0.15, 0.2) is 4.99 Å². The van der Waals surface area contributed by atoms with Gasteiger partial charge in [-0.25, -0.2) is 13.2 Å². The molecule has 0 rings (SSSR count). The Hall–Kier alpha value is -0.780. The summed E-state index contributed by atoms with van der Waals surface area (Å²) in [4.78, 5) is 16.0. The maximum absolute atomic E-state index is 11.9. The van der Waals surface area contributed by atoms with Crippen molar-refractivity contribution in [2.75, 3.05) is 26.4 Å². The zero-order valence-corrected chi connectivity index (χ0v) is 20.5. The highest BCUT2D eigenvalue weighted by Gasteiger charge is 2.30. The highest BCUT2D eigenvalue weighted by atomic mass is 127. The van der Waals surface area contributed by atoms with Gasteiger partial charge in [-0.15, -0.1) is 24.0 Å². The SMILES string of the molecule is CN=C(NCC(C)(C)NC(=O)OC(C)(C)C)NCC(C)(C)S(C)(=O)=O.I. The first-order valence-corrected chi connectivity index (χ1v) is 10.0. The average molecular weight is 506 g/mol. The minimum atomic E-state index is -3.20. The Labute approximate surface area is 175 Å². The molecule has 8 nitrogen and oxygen atoms in total. The molecule has 0 aliphatic carbocycles. The van der Waals surface area contributed by atoms with E-state index >= 15 is 0 Å². The second-order valence-corrected chi connectivity index (χ2v) is 11.0. The number of amides is 1. The molecule has 0 aromatic rings. The van der Waals surface area contributed by atoms with Crippen LogP contribution < -0.4 is 16.0 Å². The van der Waals surface area contributed by atoms with Gasteiger partial charge in [0.05, 0.1) is 10.3 Å². The van der Waals surface area contributed by atoms with Gasteiger partial charge in [-0.1, -0.05) is 0 Å². The zero-order valence-electron chi connectivity index (χ0n) is 17.3. The first-order chi connectivity index (χ1) is 11.0. The number of nitrogens with zero attached hydrogens (tertiary/aromatic N) is 1. The van der Waals surface area contributed by atoms with Crippen LogP contribution in [0, 0.1) is 0 Å². The predicted molar refractivity (Wildman–Crippen MR) is 117 cm³/mol. The largest absolute Gasteiger partial charge is 0.444 e. The summed E-state index contributed by atoms with van der Waals surface area (Å²) in [6.07, 6.45) is 0.708. The summed E-state index contributed by atoms with van der Waals surface area (Å²) >= 11 is 0. The standard InChI is InChI=1S/C16H34N4O4S.HI/c1-14(2,3)24-13(21)20-15(4,5)10-18-12(17-8)19-11-16(6,7)25(9,22)23;/h10-11H2,1-9H3,(H,20,21)(H2,17,18,19);1H. The Morgan fingerprint density at radius 3 is 1.85 bits per heavy atom. The Balaban J connectivity index is 0. The number of sulfone groups is 1. The van der Waals surface area contributed by atoms with Crippen LogP contribution in [-0.4, -0.2) is 62.8 Å². The first kappa shape index (κ1) is 27.4. The van der Waals surface area contributed by atoms with Gasteiger partial charge >= 0.3 is 6.09 Å². The second-order valence-electron chi connectivity index (χ2n) is 8.32. The molecule has 10 heteroatoms. The number of hydrogen-bond donors (Lipinski definition) is 3. The van der Waals surface area contributed by atoms with E-state index in [0.717, 1.165) is 0 Å². The van der Waals surface area contributed by atoms with Crippen molar-refractivity contribution in [3.05, 3.63) is 0 Å². The molecular formula is C16H35IN4O4S. The van der Waals surface area contributed by atoms with E-state index in [-0.39, 0.29) is 30.5 Å². The average Bonchev–Trinajstić information content (AvgIpc) is 2.34. The Morgan fingerprint density at radius 1 is 1.00 bits per heavy atom. The van der Waals surface area contributed by atoms with Gasteiger partial charge in [0.1, 0.15) is 5.60 Å². The number of aliphatic imine (C=N–C) groups is 1. The number of alkyl carbamates (subject to hydrolysis) is 1. The molecule has 0 aliphatic heterocycles. The van der Waals surface area contributed by atoms with Gasteiger partial charge in [-0.3, -0.25) is 4.99 Å². The molecule has 156 valence electrons. The van der Waals surface area contributed by atoms with Crippen LogP contribution in [0.25, 0.3) is 0 Å². The van der Waals surface area contributed by atoms with Gasteiger partial charge in [0.15, 0.2) is 15.8 Å². The van der Waals surface area contributed by atoms with E-state index in [1.807, 2.05) is 13.8 Å². The summed E-state index contributed by atoms with van der Waals surface area (Å²) < 4.78 is 27.8. The number of carbonyl (C=O) groups excluding carboxylic acids is 1. The van der Waals surface area contributed by atoms with E-state index in [0.29, 0.717) is 12.5 Å². The maximum Gasteiger partial charge on any atom is 0.408 e. The van der Waals surface area contributed by atoms with Gasteiger partial charge in [-0.05, 0) is 48.5 Å². The summed E-state index contributed by atoms with van der Waals surface area (Å²) in [5.41, 5.74) is -1.16. The lowest BCUT2D eigenvalue weighted by molar-refractivity contribution is 0.0474. The summed E-state index contributed by atoms with van der Waals surface area (Å²) in [6, 6.07) is 0. The van der Waals surface area contributed by atoms with E-state index in [1.165, 1.54) is 6.26 Å². The molecule has 0 aromatic heterocycles. The van der Waals surface area contributed by atoms with Crippen molar-refractivity contribution in [3.8, 4) is 0 Å². The molecule has 0 aliphatic rings. The van der Waals surface area contributed by atoms with Crippen molar-refractivity contribution in [1.29, 1.82) is 0 Å². The number of guanidine groups is 1. The van der Waals surface area contributed by atoms with Gasteiger partial charge in [-0.2, -0.15) is 0 Å². The van der Waals surface area contributed by atoms with Crippen LogP contribution >= 0.6 is 24.0 Å². The van der Waals surface area contributed by atoms with Crippen molar-refractivity contribution in [3.63, 3.8) is 0 Å². The quantitative estimate of drug-likeness (QED) is 0.289. The van der Waals surface area contributed by atoms with Crippen LogP contribution in [0.1, 0.15) is 48.5 Å². The molecule has 0 spiro atoms. The molecule has 0 saturated heterocycles. The van der Waals surface area contributed by atoms with Gasteiger partial charge in [0, 0.05) is 26.4 Å².